The summed E-state index contributed by atoms with van der Waals surface area (Å²) >= 11 is 0. The normalized spacial score (nSPS) is 16.9. The molecule has 0 radical (unpaired) electrons. The first-order chi connectivity index (χ1) is 22.1. The molecular formula is C33H29F11O3. The molecule has 1 saturated carbocycles. The van der Waals surface area contributed by atoms with Crippen LogP contribution in [0.15, 0.2) is 60.6 Å². The molecule has 3 aromatic carbocycles. The summed E-state index contributed by atoms with van der Waals surface area (Å²) in [5.74, 6) is -11.4. The molecule has 14 heteroatoms. The molecule has 3 nitrogen and oxygen atoms in total. The summed E-state index contributed by atoms with van der Waals surface area (Å²) < 4.78 is 167. The van der Waals surface area contributed by atoms with Crippen LogP contribution in [0.3, 0.4) is 0 Å². The molecule has 256 valence electrons. The number of alkyl halides is 4. The maximum absolute atomic E-state index is 14.9. The highest BCUT2D eigenvalue weighted by atomic mass is 19.3. The third-order valence-corrected chi connectivity index (χ3v) is 7.87. The van der Waals surface area contributed by atoms with Gasteiger partial charge in [-0.05, 0) is 67.0 Å². The van der Waals surface area contributed by atoms with Crippen molar-refractivity contribution < 1.29 is 62.5 Å². The summed E-state index contributed by atoms with van der Waals surface area (Å²) in [4.78, 5) is 0. The van der Waals surface area contributed by atoms with E-state index in [1.165, 1.54) is 12.1 Å². The lowest BCUT2D eigenvalue weighted by Crippen LogP contribution is -2.37. The number of hydrogen-bond donors (Lipinski definition) is 0. The average Bonchev–Trinajstić information content (AvgIpc) is 2.98. The third-order valence-electron chi connectivity index (χ3n) is 7.87. The SMILES string of the molecule is CCCCCC1CCC(C(F)(F)Oc2ccc(-c3cc(F)c(C(F)(F)Oc4cc(F)c(OC(F)=C(F)F)c(F)c4)c(F)c3)cc2)CC1. The van der Waals surface area contributed by atoms with Gasteiger partial charge in [-0.15, -0.1) is 0 Å². The highest BCUT2D eigenvalue weighted by Gasteiger charge is 2.44. The zero-order valence-corrected chi connectivity index (χ0v) is 24.8. The number of halogens is 11. The molecule has 3 aromatic rings. The third kappa shape index (κ3) is 8.89. The Labute approximate surface area is 262 Å². The molecule has 0 heterocycles. The van der Waals surface area contributed by atoms with Gasteiger partial charge in [-0.25, -0.2) is 17.6 Å². The first kappa shape index (κ1) is 35.9. The van der Waals surface area contributed by atoms with E-state index >= 15 is 0 Å². The van der Waals surface area contributed by atoms with Gasteiger partial charge in [0.05, 0.1) is 5.92 Å². The highest BCUT2D eigenvalue weighted by molar-refractivity contribution is 5.65. The van der Waals surface area contributed by atoms with E-state index in [2.05, 4.69) is 16.4 Å². The second-order valence-corrected chi connectivity index (χ2v) is 11.2. The quantitative estimate of drug-likeness (QED) is 0.102. The molecule has 4 rings (SSSR count). The Bertz CT molecular complexity index is 1520. The van der Waals surface area contributed by atoms with Crippen LogP contribution in [0.5, 0.6) is 17.2 Å². The molecule has 0 amide bonds. The molecule has 0 N–H and O–H groups in total. The predicted molar refractivity (Wildman–Crippen MR) is 149 cm³/mol. The summed E-state index contributed by atoms with van der Waals surface area (Å²) in [6, 6.07) is 3.00. The van der Waals surface area contributed by atoms with Crippen LogP contribution >= 0.6 is 0 Å². The molecule has 0 unspecified atom stereocenters. The summed E-state index contributed by atoms with van der Waals surface area (Å²) in [6.45, 7) is 2.10. The fourth-order valence-corrected chi connectivity index (χ4v) is 5.46. The number of unbranched alkanes of at least 4 members (excludes halogenated alkanes) is 2. The van der Waals surface area contributed by atoms with Crippen LogP contribution in [0.4, 0.5) is 48.3 Å². The minimum atomic E-state index is -4.87. The summed E-state index contributed by atoms with van der Waals surface area (Å²) in [6.07, 6.45) is -5.13. The molecule has 47 heavy (non-hydrogen) atoms. The van der Waals surface area contributed by atoms with Gasteiger partial charge < -0.3 is 14.2 Å². The van der Waals surface area contributed by atoms with Crippen molar-refractivity contribution in [3.8, 4) is 28.4 Å². The van der Waals surface area contributed by atoms with Crippen molar-refractivity contribution in [3.05, 3.63) is 89.5 Å². The van der Waals surface area contributed by atoms with E-state index in [1.54, 1.807) is 0 Å². The van der Waals surface area contributed by atoms with Crippen molar-refractivity contribution in [2.45, 2.75) is 70.5 Å². The fraction of sp³-hybridized carbons (Fsp3) is 0.394. The van der Waals surface area contributed by atoms with E-state index in [1.807, 2.05) is 0 Å². The summed E-state index contributed by atoms with van der Waals surface area (Å²) in [7, 11) is 0. The van der Waals surface area contributed by atoms with Crippen molar-refractivity contribution in [3.63, 3.8) is 0 Å². The van der Waals surface area contributed by atoms with E-state index in [-0.39, 0.29) is 29.0 Å². The van der Waals surface area contributed by atoms with Crippen LogP contribution in [0.1, 0.15) is 63.9 Å². The van der Waals surface area contributed by atoms with Gasteiger partial charge >= 0.3 is 24.3 Å². The second-order valence-electron chi connectivity index (χ2n) is 11.2. The lowest BCUT2D eigenvalue weighted by molar-refractivity contribution is -0.223. The molecule has 0 bridgehead atoms. The Morgan fingerprint density at radius 2 is 1.28 bits per heavy atom. The van der Waals surface area contributed by atoms with Crippen molar-refractivity contribution in [2.75, 3.05) is 0 Å². The summed E-state index contributed by atoms with van der Waals surface area (Å²) in [5.41, 5.74) is -2.17. The van der Waals surface area contributed by atoms with Crippen LogP contribution in [0, 0.1) is 35.1 Å². The number of benzene rings is 3. The summed E-state index contributed by atoms with van der Waals surface area (Å²) in [5, 5.41) is 0. The van der Waals surface area contributed by atoms with Gasteiger partial charge in [0.15, 0.2) is 11.6 Å². The molecular weight excluding hydrogens is 653 g/mol. The van der Waals surface area contributed by atoms with Crippen molar-refractivity contribution >= 4 is 0 Å². The van der Waals surface area contributed by atoms with E-state index in [9.17, 15) is 48.3 Å². The van der Waals surface area contributed by atoms with Gasteiger partial charge in [0.1, 0.15) is 28.7 Å². The van der Waals surface area contributed by atoms with Crippen LogP contribution < -0.4 is 14.2 Å². The second kappa shape index (κ2) is 14.8. The Kier molecular flexibility index (Phi) is 11.3. The van der Waals surface area contributed by atoms with Gasteiger partial charge in [0, 0.05) is 12.1 Å². The minimum Gasteiger partial charge on any atom is -0.432 e. The van der Waals surface area contributed by atoms with E-state index < -0.39 is 70.6 Å². The first-order valence-electron chi connectivity index (χ1n) is 14.7. The van der Waals surface area contributed by atoms with E-state index in [0.29, 0.717) is 43.7 Å². The zero-order valence-electron chi connectivity index (χ0n) is 24.8. The van der Waals surface area contributed by atoms with Crippen LogP contribution in [0.2, 0.25) is 0 Å². The standard InChI is InChI=1S/C33H29F11O3/c1-2-3-4-5-18-6-10-21(11-7-18)32(41,42)46-22-12-8-19(9-13-22)20-14-24(34)28(25(35)15-20)33(43,44)47-23-16-26(36)29(27(37)17-23)45-31(40)30(38)39/h8-9,12-18,21H,2-7,10-11H2,1H3. The molecule has 0 atom stereocenters. The molecule has 0 aliphatic heterocycles. The van der Waals surface area contributed by atoms with Gasteiger partial charge in [0.25, 0.3) is 0 Å². The minimum absolute atomic E-state index is 0.00724. The molecule has 1 aliphatic rings. The Morgan fingerprint density at radius 1 is 0.702 bits per heavy atom. The Balaban J connectivity index is 1.44. The smallest absolute Gasteiger partial charge is 0.432 e. The number of hydrogen-bond acceptors (Lipinski definition) is 3. The van der Waals surface area contributed by atoms with Crippen LogP contribution in [-0.4, -0.2) is 6.11 Å². The lowest BCUT2D eigenvalue weighted by atomic mass is 9.79. The van der Waals surface area contributed by atoms with Gasteiger partial charge in [-0.1, -0.05) is 44.7 Å². The number of rotatable bonds is 13. The topological polar surface area (TPSA) is 27.7 Å². The molecule has 0 aromatic heterocycles. The van der Waals surface area contributed by atoms with Gasteiger partial charge in [-0.3, -0.25) is 0 Å². The van der Waals surface area contributed by atoms with Crippen molar-refractivity contribution in [1.82, 2.24) is 0 Å². The Hall–Kier alpha value is -3.97. The van der Waals surface area contributed by atoms with Gasteiger partial charge in [0.2, 0.25) is 5.75 Å². The molecule has 1 aliphatic carbocycles. The maximum Gasteiger partial charge on any atom is 0.432 e. The van der Waals surface area contributed by atoms with Crippen molar-refractivity contribution in [1.29, 1.82) is 0 Å². The largest absolute Gasteiger partial charge is 0.432 e. The molecule has 0 saturated heterocycles. The predicted octanol–water partition coefficient (Wildman–Crippen LogP) is 11.8. The Morgan fingerprint density at radius 3 is 1.81 bits per heavy atom. The first-order valence-corrected chi connectivity index (χ1v) is 14.7. The fourth-order valence-electron chi connectivity index (χ4n) is 5.46. The molecule has 1 fully saturated rings. The van der Waals surface area contributed by atoms with E-state index in [0.717, 1.165) is 37.8 Å². The van der Waals surface area contributed by atoms with E-state index in [4.69, 9.17) is 4.74 Å². The van der Waals surface area contributed by atoms with Crippen LogP contribution in [0.25, 0.3) is 11.1 Å². The van der Waals surface area contributed by atoms with Crippen molar-refractivity contribution in [2.24, 2.45) is 11.8 Å². The highest BCUT2D eigenvalue weighted by Crippen LogP contribution is 2.42. The lowest BCUT2D eigenvalue weighted by Gasteiger charge is -2.33. The molecule has 0 spiro atoms. The van der Waals surface area contributed by atoms with Crippen LogP contribution in [-0.2, 0) is 6.11 Å². The zero-order chi connectivity index (χ0) is 34.5. The number of ether oxygens (including phenoxy) is 3. The van der Waals surface area contributed by atoms with Gasteiger partial charge in [-0.2, -0.15) is 30.7 Å². The monoisotopic (exact) mass is 682 g/mol. The average molecular weight is 683 g/mol. The maximum atomic E-state index is 14.9.